The number of carbonyl (C=O) groups is 1. The maximum absolute atomic E-state index is 11.6. The first kappa shape index (κ1) is 11.1. The molecule has 1 amide bonds. The quantitative estimate of drug-likeness (QED) is 0.708. The number of nitrogens with zero attached hydrogens (tertiary/aromatic N) is 2. The zero-order chi connectivity index (χ0) is 12.5. The van der Waals surface area contributed by atoms with Crippen molar-refractivity contribution >= 4 is 11.8 Å². The van der Waals surface area contributed by atoms with E-state index in [4.69, 9.17) is 9.57 Å². The van der Waals surface area contributed by atoms with Crippen molar-refractivity contribution < 1.29 is 14.4 Å². The first-order chi connectivity index (χ1) is 8.79. The summed E-state index contributed by atoms with van der Waals surface area (Å²) in [7, 11) is 1.38. The van der Waals surface area contributed by atoms with E-state index in [0.29, 0.717) is 6.54 Å². The zero-order valence-electron chi connectivity index (χ0n) is 10.0. The van der Waals surface area contributed by atoms with E-state index in [0.717, 1.165) is 5.69 Å². The first-order valence-corrected chi connectivity index (χ1v) is 5.83. The smallest absolute Gasteiger partial charge is 0.411 e. The van der Waals surface area contributed by atoms with Crippen molar-refractivity contribution in [2.45, 2.75) is 12.3 Å². The SMILES string of the molecule is COC(=O)N1CC2C=CC1ON2c1ccccc1. The van der Waals surface area contributed by atoms with Gasteiger partial charge >= 0.3 is 6.09 Å². The number of ether oxygens (including phenoxy) is 1. The molecule has 2 atom stereocenters. The van der Waals surface area contributed by atoms with E-state index in [1.807, 2.05) is 41.5 Å². The molecule has 94 valence electrons. The summed E-state index contributed by atoms with van der Waals surface area (Å²) in [6.07, 6.45) is 3.19. The Hall–Kier alpha value is -2.01. The highest BCUT2D eigenvalue weighted by atomic mass is 16.7. The fraction of sp³-hybridized carbons (Fsp3) is 0.308. The molecule has 1 aromatic rings. The number of carbonyl (C=O) groups excluding carboxylic acids is 1. The van der Waals surface area contributed by atoms with Crippen LogP contribution in [-0.4, -0.2) is 36.9 Å². The minimum atomic E-state index is -0.386. The van der Waals surface area contributed by atoms with E-state index < -0.39 is 0 Å². The van der Waals surface area contributed by atoms with Crippen LogP contribution in [0.15, 0.2) is 42.5 Å². The molecule has 0 aromatic heterocycles. The number of para-hydroxylation sites is 1. The van der Waals surface area contributed by atoms with Crippen molar-refractivity contribution in [1.82, 2.24) is 4.90 Å². The summed E-state index contributed by atoms with van der Waals surface area (Å²) in [6, 6.07) is 9.87. The Kier molecular flexibility index (Phi) is 2.68. The number of fused-ring (bicyclic) bond motifs is 2. The van der Waals surface area contributed by atoms with Crippen LogP contribution in [0.4, 0.5) is 10.5 Å². The third kappa shape index (κ3) is 1.73. The lowest BCUT2D eigenvalue weighted by Gasteiger charge is -2.46. The van der Waals surface area contributed by atoms with Gasteiger partial charge in [0.25, 0.3) is 0 Å². The second-order valence-corrected chi connectivity index (χ2v) is 4.23. The monoisotopic (exact) mass is 246 g/mol. The molecule has 18 heavy (non-hydrogen) atoms. The highest BCUT2D eigenvalue weighted by molar-refractivity contribution is 5.69. The second-order valence-electron chi connectivity index (χ2n) is 4.23. The third-order valence-corrected chi connectivity index (χ3v) is 3.13. The minimum Gasteiger partial charge on any atom is -0.453 e. The Morgan fingerprint density at radius 2 is 2.11 bits per heavy atom. The molecule has 0 saturated carbocycles. The third-order valence-electron chi connectivity index (χ3n) is 3.13. The molecule has 1 fully saturated rings. The van der Waals surface area contributed by atoms with Crippen LogP contribution in [0.3, 0.4) is 0 Å². The Morgan fingerprint density at radius 1 is 1.33 bits per heavy atom. The molecule has 1 saturated heterocycles. The maximum Gasteiger partial charge on any atom is 0.411 e. The zero-order valence-corrected chi connectivity index (χ0v) is 10.0. The molecular formula is C13H14N2O3. The average Bonchev–Trinajstić information content (AvgIpc) is 2.47. The van der Waals surface area contributed by atoms with Crippen molar-refractivity contribution in [2.75, 3.05) is 18.7 Å². The van der Waals surface area contributed by atoms with E-state index in [2.05, 4.69) is 6.08 Å². The van der Waals surface area contributed by atoms with E-state index in [-0.39, 0.29) is 18.4 Å². The van der Waals surface area contributed by atoms with Gasteiger partial charge in [-0.05, 0) is 18.2 Å². The second kappa shape index (κ2) is 4.34. The van der Waals surface area contributed by atoms with Crippen molar-refractivity contribution in [2.24, 2.45) is 0 Å². The molecule has 3 heterocycles. The number of benzene rings is 1. The molecule has 5 heteroatoms. The number of amides is 1. The van der Waals surface area contributed by atoms with Crippen LogP contribution in [0.5, 0.6) is 0 Å². The van der Waals surface area contributed by atoms with E-state index in [1.165, 1.54) is 7.11 Å². The number of hydrogen-bond donors (Lipinski definition) is 0. The van der Waals surface area contributed by atoms with Gasteiger partial charge in [-0.1, -0.05) is 24.3 Å². The average molecular weight is 246 g/mol. The summed E-state index contributed by atoms with van der Waals surface area (Å²) in [5.74, 6) is 0. The Morgan fingerprint density at radius 3 is 2.72 bits per heavy atom. The van der Waals surface area contributed by atoms with Crippen LogP contribution in [0.2, 0.25) is 0 Å². The van der Waals surface area contributed by atoms with Gasteiger partial charge < -0.3 is 4.74 Å². The van der Waals surface area contributed by atoms with Gasteiger partial charge in [-0.2, -0.15) is 0 Å². The van der Waals surface area contributed by atoms with Crippen LogP contribution in [-0.2, 0) is 9.57 Å². The highest BCUT2D eigenvalue weighted by Crippen LogP contribution is 2.29. The van der Waals surface area contributed by atoms with E-state index >= 15 is 0 Å². The van der Waals surface area contributed by atoms with Gasteiger partial charge in [0.1, 0.15) is 0 Å². The molecule has 1 aromatic carbocycles. The molecule has 5 nitrogen and oxygen atoms in total. The molecule has 4 rings (SSSR count). The predicted molar refractivity (Wildman–Crippen MR) is 65.8 cm³/mol. The number of hydroxylamine groups is 1. The lowest BCUT2D eigenvalue weighted by Crippen LogP contribution is -2.60. The molecule has 0 aliphatic carbocycles. The Labute approximate surface area is 105 Å². The number of methoxy groups -OCH3 is 1. The number of anilines is 1. The van der Waals surface area contributed by atoms with Crippen LogP contribution >= 0.6 is 0 Å². The van der Waals surface area contributed by atoms with Crippen LogP contribution in [0.1, 0.15) is 0 Å². The molecule has 3 aliphatic heterocycles. The van der Waals surface area contributed by atoms with Crippen LogP contribution in [0.25, 0.3) is 0 Å². The summed E-state index contributed by atoms with van der Waals surface area (Å²) in [5.41, 5.74) is 0.987. The summed E-state index contributed by atoms with van der Waals surface area (Å²) in [6.45, 7) is 0.572. The van der Waals surface area contributed by atoms with E-state index in [9.17, 15) is 4.79 Å². The summed E-state index contributed by atoms with van der Waals surface area (Å²) in [5, 5.41) is 1.84. The highest BCUT2D eigenvalue weighted by Gasteiger charge is 2.39. The van der Waals surface area contributed by atoms with Crippen LogP contribution < -0.4 is 5.06 Å². The largest absolute Gasteiger partial charge is 0.453 e. The standard InChI is InChI=1S/C13H14N2O3/c1-17-13(16)14-9-11-7-8-12(14)18-15(11)10-5-3-2-4-6-10/h2-8,11-12H,9H2,1H3. The molecule has 0 N–H and O–H groups in total. The van der Waals surface area contributed by atoms with Crippen molar-refractivity contribution in [3.63, 3.8) is 0 Å². The molecule has 0 spiro atoms. The molecule has 2 bridgehead atoms. The summed E-state index contributed by atoms with van der Waals surface area (Å²) in [4.78, 5) is 18.9. The summed E-state index contributed by atoms with van der Waals surface area (Å²) < 4.78 is 4.74. The number of hydrogen-bond acceptors (Lipinski definition) is 4. The van der Waals surface area contributed by atoms with Gasteiger partial charge in [0.05, 0.1) is 25.4 Å². The fourth-order valence-electron chi connectivity index (χ4n) is 2.26. The van der Waals surface area contributed by atoms with Crippen molar-refractivity contribution in [3.05, 3.63) is 42.5 Å². The van der Waals surface area contributed by atoms with E-state index in [1.54, 1.807) is 4.90 Å². The first-order valence-electron chi connectivity index (χ1n) is 5.83. The van der Waals surface area contributed by atoms with Crippen molar-refractivity contribution in [1.29, 1.82) is 0 Å². The normalized spacial score (nSPS) is 25.4. The Balaban J connectivity index is 1.82. The lowest BCUT2D eigenvalue weighted by atomic mass is 10.1. The molecule has 3 aliphatic rings. The molecule has 0 radical (unpaired) electrons. The predicted octanol–water partition coefficient (Wildman–Crippen LogP) is 1.77. The van der Waals surface area contributed by atoms with Gasteiger partial charge in [-0.3, -0.25) is 4.90 Å². The number of rotatable bonds is 1. The summed E-state index contributed by atoms with van der Waals surface area (Å²) >= 11 is 0. The molecule has 2 unspecified atom stereocenters. The molecular weight excluding hydrogens is 232 g/mol. The van der Waals surface area contributed by atoms with Crippen molar-refractivity contribution in [3.8, 4) is 0 Å². The minimum absolute atomic E-state index is 0.0245. The van der Waals surface area contributed by atoms with Gasteiger partial charge in [0.2, 0.25) is 0 Å². The maximum atomic E-state index is 11.6. The lowest BCUT2D eigenvalue weighted by molar-refractivity contribution is -0.0855. The topological polar surface area (TPSA) is 42.0 Å². The fourth-order valence-corrected chi connectivity index (χ4v) is 2.26. The van der Waals surface area contributed by atoms with Gasteiger partial charge in [0, 0.05) is 0 Å². The van der Waals surface area contributed by atoms with Gasteiger partial charge in [-0.15, -0.1) is 0 Å². The Bertz CT molecular complexity index is 474. The van der Waals surface area contributed by atoms with Gasteiger partial charge in [0.15, 0.2) is 6.23 Å². The van der Waals surface area contributed by atoms with Crippen LogP contribution in [0, 0.1) is 0 Å². The van der Waals surface area contributed by atoms with Gasteiger partial charge in [-0.25, -0.2) is 14.7 Å².